The molecular formula is C29H23N5O4S. The molecule has 10 heteroatoms. The summed E-state index contributed by atoms with van der Waals surface area (Å²) in [6.45, 7) is 0.331. The number of aromatic nitrogens is 5. The number of fused-ring (bicyclic) bond motifs is 2. The van der Waals surface area contributed by atoms with Crippen molar-refractivity contribution in [3.63, 3.8) is 0 Å². The molecule has 0 aliphatic heterocycles. The Hall–Kier alpha value is -4.67. The lowest BCUT2D eigenvalue weighted by Crippen LogP contribution is -2.23. The van der Waals surface area contributed by atoms with Crippen LogP contribution < -0.4 is 15.0 Å². The van der Waals surface area contributed by atoms with Crippen LogP contribution >= 0.6 is 11.3 Å². The molecule has 0 aliphatic carbocycles. The SMILES string of the molecule is COCc1cc2cc(OC)c(OC)cc2c(-c2ccnc(-n3nc(-c4nccs4)c4ccccc4c3=O)c2)n1. The molecule has 0 atom stereocenters. The topological polar surface area (TPSA) is 101 Å². The van der Waals surface area contributed by atoms with E-state index in [4.69, 9.17) is 24.3 Å². The molecule has 39 heavy (non-hydrogen) atoms. The second-order valence-corrected chi connectivity index (χ2v) is 9.57. The number of hydrogen-bond acceptors (Lipinski definition) is 9. The molecule has 0 radical (unpaired) electrons. The van der Waals surface area contributed by atoms with Crippen LogP contribution in [0.25, 0.3) is 49.3 Å². The van der Waals surface area contributed by atoms with Gasteiger partial charge >= 0.3 is 0 Å². The molecule has 6 aromatic rings. The van der Waals surface area contributed by atoms with Crippen LogP contribution in [0, 0.1) is 0 Å². The standard InChI is InChI=1S/C29H23N5O4S/c1-36-16-19-12-18-13-23(37-2)24(38-3)15-22(18)26(32-19)17-8-9-30-25(14-17)34-29(35)21-7-5-4-6-20(21)27(33-34)28-31-10-11-39-28/h4-15H,16H2,1-3H3. The van der Waals surface area contributed by atoms with Crippen molar-refractivity contribution in [3.8, 4) is 39.3 Å². The van der Waals surface area contributed by atoms with Crippen LogP contribution in [0.15, 0.2) is 77.2 Å². The molecule has 0 aliphatic rings. The Morgan fingerprint density at radius 2 is 1.64 bits per heavy atom. The number of benzene rings is 2. The summed E-state index contributed by atoms with van der Waals surface area (Å²) >= 11 is 1.46. The Morgan fingerprint density at radius 1 is 0.846 bits per heavy atom. The molecule has 0 spiro atoms. The molecule has 0 fully saturated rings. The highest BCUT2D eigenvalue weighted by atomic mass is 32.1. The Labute approximate surface area is 227 Å². The Bertz CT molecular complexity index is 1890. The molecule has 0 N–H and O–H groups in total. The number of pyridine rings is 2. The third-order valence-corrected chi connectivity index (χ3v) is 7.14. The van der Waals surface area contributed by atoms with Gasteiger partial charge in [0.2, 0.25) is 0 Å². The van der Waals surface area contributed by atoms with Gasteiger partial charge in [0.1, 0.15) is 10.7 Å². The van der Waals surface area contributed by atoms with Crippen LogP contribution in [0.4, 0.5) is 0 Å². The first-order valence-corrected chi connectivity index (χ1v) is 12.9. The zero-order valence-corrected chi connectivity index (χ0v) is 22.2. The van der Waals surface area contributed by atoms with E-state index in [1.54, 1.807) is 39.8 Å². The number of ether oxygens (including phenoxy) is 3. The maximum atomic E-state index is 13.6. The van der Waals surface area contributed by atoms with Gasteiger partial charge in [-0.1, -0.05) is 18.2 Å². The highest BCUT2D eigenvalue weighted by molar-refractivity contribution is 7.13. The van der Waals surface area contributed by atoms with E-state index in [1.807, 2.05) is 53.9 Å². The van der Waals surface area contributed by atoms with Crippen LogP contribution in [0.2, 0.25) is 0 Å². The highest BCUT2D eigenvalue weighted by Gasteiger charge is 2.18. The van der Waals surface area contributed by atoms with Crippen molar-refractivity contribution in [1.82, 2.24) is 24.7 Å². The highest BCUT2D eigenvalue weighted by Crippen LogP contribution is 2.37. The van der Waals surface area contributed by atoms with Gasteiger partial charge in [0.25, 0.3) is 5.56 Å². The van der Waals surface area contributed by atoms with Crippen molar-refractivity contribution >= 4 is 32.9 Å². The summed E-state index contributed by atoms with van der Waals surface area (Å²) in [7, 11) is 4.83. The summed E-state index contributed by atoms with van der Waals surface area (Å²) < 4.78 is 17.8. The largest absolute Gasteiger partial charge is 0.493 e. The molecule has 0 saturated heterocycles. The maximum absolute atomic E-state index is 13.6. The number of hydrogen-bond donors (Lipinski definition) is 0. The van der Waals surface area contributed by atoms with E-state index in [9.17, 15) is 4.79 Å². The molecule has 0 saturated carbocycles. The predicted molar refractivity (Wildman–Crippen MR) is 151 cm³/mol. The summed E-state index contributed by atoms with van der Waals surface area (Å²) in [5, 5.41) is 10.4. The van der Waals surface area contributed by atoms with Gasteiger partial charge in [-0.15, -0.1) is 11.3 Å². The van der Waals surface area contributed by atoms with Crippen molar-refractivity contribution in [1.29, 1.82) is 0 Å². The van der Waals surface area contributed by atoms with Crippen LogP contribution in [-0.4, -0.2) is 46.1 Å². The van der Waals surface area contributed by atoms with E-state index in [1.165, 1.54) is 16.0 Å². The summed E-state index contributed by atoms with van der Waals surface area (Å²) in [6, 6.07) is 16.8. The van der Waals surface area contributed by atoms with Gasteiger partial charge in [0.05, 0.1) is 37.6 Å². The van der Waals surface area contributed by atoms with Crippen LogP contribution in [-0.2, 0) is 11.3 Å². The zero-order valence-electron chi connectivity index (χ0n) is 21.4. The van der Waals surface area contributed by atoms with Crippen LogP contribution in [0.3, 0.4) is 0 Å². The average molecular weight is 538 g/mol. The van der Waals surface area contributed by atoms with Gasteiger partial charge in [0.15, 0.2) is 17.3 Å². The number of nitrogens with zero attached hydrogens (tertiary/aromatic N) is 5. The number of methoxy groups -OCH3 is 3. The molecule has 2 aromatic carbocycles. The lowest BCUT2D eigenvalue weighted by molar-refractivity contribution is 0.182. The van der Waals surface area contributed by atoms with Gasteiger partial charge in [0, 0.05) is 41.2 Å². The molecule has 0 unspecified atom stereocenters. The second kappa shape index (κ2) is 10.2. The summed E-state index contributed by atoms with van der Waals surface area (Å²) in [6.07, 6.45) is 3.37. The lowest BCUT2D eigenvalue weighted by atomic mass is 10.0. The fraction of sp³-hybridized carbons (Fsp3) is 0.138. The van der Waals surface area contributed by atoms with Gasteiger partial charge in [-0.2, -0.15) is 9.78 Å². The van der Waals surface area contributed by atoms with Crippen LogP contribution in [0.1, 0.15) is 5.69 Å². The quantitative estimate of drug-likeness (QED) is 0.271. The van der Waals surface area contributed by atoms with E-state index >= 15 is 0 Å². The first-order valence-electron chi connectivity index (χ1n) is 12.0. The Morgan fingerprint density at radius 3 is 2.38 bits per heavy atom. The third-order valence-electron chi connectivity index (χ3n) is 6.36. The van der Waals surface area contributed by atoms with Crippen LogP contribution in [0.5, 0.6) is 11.5 Å². The van der Waals surface area contributed by atoms with Gasteiger partial charge in [-0.05, 0) is 41.8 Å². The maximum Gasteiger partial charge on any atom is 0.280 e. The fourth-order valence-corrected chi connectivity index (χ4v) is 5.24. The zero-order chi connectivity index (χ0) is 26.9. The smallest absolute Gasteiger partial charge is 0.280 e. The first kappa shape index (κ1) is 24.7. The number of rotatable bonds is 7. The van der Waals surface area contributed by atoms with E-state index < -0.39 is 0 Å². The minimum Gasteiger partial charge on any atom is -0.493 e. The van der Waals surface area contributed by atoms with Gasteiger partial charge < -0.3 is 14.2 Å². The lowest BCUT2D eigenvalue weighted by Gasteiger charge is -2.14. The van der Waals surface area contributed by atoms with Crippen molar-refractivity contribution in [3.05, 3.63) is 88.4 Å². The molecule has 4 aromatic heterocycles. The average Bonchev–Trinajstić information content (AvgIpc) is 3.51. The second-order valence-electron chi connectivity index (χ2n) is 8.67. The molecule has 4 heterocycles. The third kappa shape index (κ3) is 4.39. The van der Waals surface area contributed by atoms with Crippen molar-refractivity contribution in [2.45, 2.75) is 6.61 Å². The molecule has 0 bridgehead atoms. The summed E-state index contributed by atoms with van der Waals surface area (Å²) in [4.78, 5) is 27.4. The van der Waals surface area contributed by atoms with Crippen molar-refractivity contribution < 1.29 is 14.2 Å². The molecule has 9 nitrogen and oxygen atoms in total. The Kier molecular flexibility index (Phi) is 6.47. The van der Waals surface area contributed by atoms with E-state index in [0.717, 1.165) is 32.4 Å². The van der Waals surface area contributed by atoms with Gasteiger partial charge in [-0.25, -0.2) is 15.0 Å². The molecule has 0 amide bonds. The number of thiazole rings is 1. The normalized spacial score (nSPS) is 11.3. The van der Waals surface area contributed by atoms with E-state index in [0.29, 0.717) is 40.7 Å². The minimum atomic E-state index is -0.270. The Balaban J connectivity index is 1.58. The molecule has 194 valence electrons. The van der Waals surface area contributed by atoms with E-state index in [-0.39, 0.29) is 5.56 Å². The monoisotopic (exact) mass is 537 g/mol. The van der Waals surface area contributed by atoms with Crippen molar-refractivity contribution in [2.24, 2.45) is 0 Å². The predicted octanol–water partition coefficient (Wildman–Crippen LogP) is 5.28. The van der Waals surface area contributed by atoms with Crippen molar-refractivity contribution in [2.75, 3.05) is 21.3 Å². The van der Waals surface area contributed by atoms with Gasteiger partial charge in [-0.3, -0.25) is 4.79 Å². The minimum absolute atomic E-state index is 0.270. The summed E-state index contributed by atoms with van der Waals surface area (Å²) in [5.74, 6) is 1.57. The summed E-state index contributed by atoms with van der Waals surface area (Å²) in [5.41, 5.74) is 2.55. The fourth-order valence-electron chi connectivity index (χ4n) is 4.60. The molecular weight excluding hydrogens is 514 g/mol. The van der Waals surface area contributed by atoms with E-state index in [2.05, 4.69) is 9.97 Å². The first-order chi connectivity index (χ1) is 19.1. The molecule has 6 rings (SSSR count).